The number of hydrogen-bond acceptors (Lipinski definition) is 1. The van der Waals surface area contributed by atoms with Crippen LogP contribution < -0.4 is 5.32 Å². The van der Waals surface area contributed by atoms with Crippen molar-refractivity contribution in [2.75, 3.05) is 5.32 Å². The van der Waals surface area contributed by atoms with Gasteiger partial charge in [-0.1, -0.05) is 132 Å². The molecule has 0 aliphatic heterocycles. The van der Waals surface area contributed by atoms with Crippen molar-refractivity contribution in [1.82, 2.24) is 0 Å². The van der Waals surface area contributed by atoms with Gasteiger partial charge in [-0.3, -0.25) is 0 Å². The minimum atomic E-state index is 0.276. The Kier molecular flexibility index (Phi) is 11.0. The van der Waals surface area contributed by atoms with Gasteiger partial charge in [-0.05, 0) is 101 Å². The van der Waals surface area contributed by atoms with Crippen LogP contribution in [0.3, 0.4) is 0 Å². The van der Waals surface area contributed by atoms with E-state index >= 15 is 0 Å². The lowest BCUT2D eigenvalue weighted by atomic mass is 9.89. The van der Waals surface area contributed by atoms with Crippen LogP contribution in [0.2, 0.25) is 0 Å². The second kappa shape index (κ2) is 14.9. The van der Waals surface area contributed by atoms with Crippen LogP contribution in [0.1, 0.15) is 109 Å². The highest BCUT2D eigenvalue weighted by Crippen LogP contribution is 2.32. The number of hydrogen-bond donors (Lipinski definition) is 1. The molecule has 0 aromatic heterocycles. The molecule has 0 heterocycles. The quantitative estimate of drug-likeness (QED) is 0.165. The molecule has 0 aliphatic carbocycles. The van der Waals surface area contributed by atoms with E-state index in [1.54, 1.807) is 0 Å². The number of rotatable bonds is 13. The van der Waals surface area contributed by atoms with E-state index in [2.05, 4.69) is 138 Å². The summed E-state index contributed by atoms with van der Waals surface area (Å²) in [6.07, 6.45) is 10.3. The van der Waals surface area contributed by atoms with Crippen molar-refractivity contribution in [2.24, 2.45) is 0 Å². The zero-order valence-corrected chi connectivity index (χ0v) is 26.2. The Morgan fingerprint density at radius 2 is 1.32 bits per heavy atom. The van der Waals surface area contributed by atoms with E-state index in [0.29, 0.717) is 0 Å². The van der Waals surface area contributed by atoms with Gasteiger partial charge in [0.05, 0.1) is 6.04 Å². The Labute approximate surface area is 249 Å². The molecule has 4 aromatic carbocycles. The fourth-order valence-corrected chi connectivity index (χ4v) is 6.06. The van der Waals surface area contributed by atoms with Crippen molar-refractivity contribution in [1.29, 1.82) is 0 Å². The first-order valence-corrected chi connectivity index (χ1v) is 15.8. The first-order chi connectivity index (χ1) is 20.0. The Morgan fingerprint density at radius 1 is 0.683 bits per heavy atom. The standard InChI is InChI=1S/C40H49N/c1-7-14-31-21-24-37(36(27-31)16-9-3)38(34-17-12-11-13-18-34)28-32-19-22-35(23-20-32)39(10-4)41-40-29(5)25-33(15-8-2)26-30(40)6/h11-13,17-28,39,41H,7-10,14-16H2,1-6H3. The molecule has 0 fully saturated rings. The van der Waals surface area contributed by atoms with E-state index in [-0.39, 0.29) is 6.04 Å². The van der Waals surface area contributed by atoms with E-state index in [1.807, 2.05) is 0 Å². The molecular weight excluding hydrogens is 494 g/mol. The van der Waals surface area contributed by atoms with Crippen LogP contribution in [-0.4, -0.2) is 0 Å². The van der Waals surface area contributed by atoms with E-state index in [1.165, 1.54) is 74.2 Å². The molecule has 4 aromatic rings. The van der Waals surface area contributed by atoms with Crippen LogP contribution >= 0.6 is 0 Å². The normalized spacial score (nSPS) is 12.4. The summed E-state index contributed by atoms with van der Waals surface area (Å²) in [5.41, 5.74) is 14.8. The van der Waals surface area contributed by atoms with E-state index in [0.717, 1.165) is 32.1 Å². The largest absolute Gasteiger partial charge is 0.378 e. The van der Waals surface area contributed by atoms with Crippen LogP contribution in [0, 0.1) is 13.8 Å². The topological polar surface area (TPSA) is 12.0 Å². The van der Waals surface area contributed by atoms with E-state index < -0.39 is 0 Å². The fourth-order valence-electron chi connectivity index (χ4n) is 6.06. The molecule has 1 atom stereocenters. The molecule has 0 aliphatic rings. The molecule has 0 saturated carbocycles. The summed E-state index contributed by atoms with van der Waals surface area (Å²) in [4.78, 5) is 0. The van der Waals surface area contributed by atoms with Crippen molar-refractivity contribution in [3.8, 4) is 0 Å². The fraction of sp³-hybridized carbons (Fsp3) is 0.350. The van der Waals surface area contributed by atoms with Gasteiger partial charge in [-0.2, -0.15) is 0 Å². The van der Waals surface area contributed by atoms with Crippen molar-refractivity contribution < 1.29 is 0 Å². The molecule has 4 rings (SSSR count). The third-order valence-electron chi connectivity index (χ3n) is 8.11. The van der Waals surface area contributed by atoms with Crippen LogP contribution in [0.15, 0.2) is 84.9 Å². The van der Waals surface area contributed by atoms with Crippen LogP contribution in [-0.2, 0) is 19.3 Å². The molecule has 0 spiro atoms. The lowest BCUT2D eigenvalue weighted by Gasteiger charge is -2.23. The van der Waals surface area contributed by atoms with Gasteiger partial charge in [0.2, 0.25) is 0 Å². The highest BCUT2D eigenvalue weighted by atomic mass is 14.9. The van der Waals surface area contributed by atoms with Crippen molar-refractivity contribution in [3.05, 3.63) is 135 Å². The SMILES string of the molecule is CCCc1cc(C)c(NC(CC)c2ccc(C=C(c3ccccc3)c3ccc(CCC)cc3CCC)cc2)c(C)c1. The Hall–Kier alpha value is -3.58. The summed E-state index contributed by atoms with van der Waals surface area (Å²) < 4.78 is 0. The van der Waals surface area contributed by atoms with Gasteiger partial charge in [0.25, 0.3) is 0 Å². The molecule has 1 nitrogen and oxygen atoms in total. The minimum Gasteiger partial charge on any atom is -0.378 e. The molecule has 0 bridgehead atoms. The third kappa shape index (κ3) is 7.79. The lowest BCUT2D eigenvalue weighted by Crippen LogP contribution is -2.12. The van der Waals surface area contributed by atoms with Crippen LogP contribution in [0.25, 0.3) is 11.6 Å². The first kappa shape index (κ1) is 30.4. The molecular formula is C40H49N. The smallest absolute Gasteiger partial charge is 0.0511 e. The molecule has 41 heavy (non-hydrogen) atoms. The Morgan fingerprint density at radius 3 is 1.93 bits per heavy atom. The maximum absolute atomic E-state index is 3.88. The summed E-state index contributed by atoms with van der Waals surface area (Å²) in [5, 5.41) is 3.88. The Balaban J connectivity index is 1.67. The first-order valence-electron chi connectivity index (χ1n) is 15.8. The summed E-state index contributed by atoms with van der Waals surface area (Å²) in [7, 11) is 0. The predicted octanol–water partition coefficient (Wildman–Crippen LogP) is 11.3. The van der Waals surface area contributed by atoms with Gasteiger partial charge in [0.1, 0.15) is 0 Å². The monoisotopic (exact) mass is 543 g/mol. The Bertz CT molecular complexity index is 1400. The second-order valence-electron chi connectivity index (χ2n) is 11.5. The number of nitrogens with one attached hydrogen (secondary N) is 1. The number of aryl methyl sites for hydroxylation is 5. The summed E-state index contributed by atoms with van der Waals surface area (Å²) in [6.45, 7) is 13.5. The van der Waals surface area contributed by atoms with Crippen molar-refractivity contribution in [2.45, 2.75) is 92.5 Å². The molecule has 1 unspecified atom stereocenters. The summed E-state index contributed by atoms with van der Waals surface area (Å²) in [6, 6.07) is 32.2. The average Bonchev–Trinajstić information content (AvgIpc) is 2.98. The van der Waals surface area contributed by atoms with Crippen molar-refractivity contribution in [3.63, 3.8) is 0 Å². The predicted molar refractivity (Wildman–Crippen MR) is 181 cm³/mol. The van der Waals surface area contributed by atoms with Gasteiger partial charge < -0.3 is 5.32 Å². The highest BCUT2D eigenvalue weighted by molar-refractivity contribution is 5.92. The zero-order chi connectivity index (χ0) is 29.2. The third-order valence-corrected chi connectivity index (χ3v) is 8.11. The van der Waals surface area contributed by atoms with Gasteiger partial charge in [0.15, 0.2) is 0 Å². The molecule has 0 radical (unpaired) electrons. The maximum atomic E-state index is 3.88. The lowest BCUT2D eigenvalue weighted by molar-refractivity contribution is 0.747. The van der Waals surface area contributed by atoms with Crippen LogP contribution in [0.4, 0.5) is 5.69 Å². The zero-order valence-electron chi connectivity index (χ0n) is 26.2. The van der Waals surface area contributed by atoms with Crippen LogP contribution in [0.5, 0.6) is 0 Å². The number of benzene rings is 4. The second-order valence-corrected chi connectivity index (χ2v) is 11.5. The van der Waals surface area contributed by atoms with Gasteiger partial charge in [-0.25, -0.2) is 0 Å². The molecule has 0 amide bonds. The van der Waals surface area contributed by atoms with Gasteiger partial charge >= 0.3 is 0 Å². The van der Waals surface area contributed by atoms with Gasteiger partial charge in [-0.15, -0.1) is 0 Å². The van der Waals surface area contributed by atoms with E-state index in [9.17, 15) is 0 Å². The minimum absolute atomic E-state index is 0.276. The molecule has 0 saturated heterocycles. The maximum Gasteiger partial charge on any atom is 0.0511 e. The highest BCUT2D eigenvalue weighted by Gasteiger charge is 2.14. The molecule has 214 valence electrons. The van der Waals surface area contributed by atoms with E-state index in [4.69, 9.17) is 0 Å². The van der Waals surface area contributed by atoms with Gasteiger partial charge in [0, 0.05) is 5.69 Å². The molecule has 1 N–H and O–H groups in total. The van der Waals surface area contributed by atoms with Crippen molar-refractivity contribution >= 4 is 17.3 Å². The molecule has 1 heteroatoms. The number of anilines is 1. The average molecular weight is 544 g/mol. The summed E-state index contributed by atoms with van der Waals surface area (Å²) in [5.74, 6) is 0. The summed E-state index contributed by atoms with van der Waals surface area (Å²) >= 11 is 0.